The number of nitrogens with zero attached hydrogens (tertiary/aromatic N) is 1. The first-order valence-electron chi connectivity index (χ1n) is 8.26. The highest BCUT2D eigenvalue weighted by Crippen LogP contribution is 2.17. The molecule has 0 aliphatic heterocycles. The summed E-state index contributed by atoms with van der Waals surface area (Å²) in [5.41, 5.74) is 2.60. The van der Waals surface area contributed by atoms with Crippen molar-refractivity contribution in [3.8, 4) is 0 Å². The molecule has 1 atom stereocenters. The first-order valence-corrected chi connectivity index (χ1v) is 8.26. The SMILES string of the molecule is CCCC[C@H](CO)N(Cc1ccccc1)Cc1ccccc1. The molecule has 0 saturated heterocycles. The van der Waals surface area contributed by atoms with E-state index < -0.39 is 0 Å². The van der Waals surface area contributed by atoms with Crippen molar-refractivity contribution in [1.29, 1.82) is 0 Å². The normalized spacial score (nSPS) is 12.5. The number of aliphatic hydroxyl groups excluding tert-OH is 1. The van der Waals surface area contributed by atoms with Gasteiger partial charge < -0.3 is 5.11 Å². The van der Waals surface area contributed by atoms with Crippen LogP contribution in [0.1, 0.15) is 37.3 Å². The highest BCUT2D eigenvalue weighted by molar-refractivity contribution is 5.17. The van der Waals surface area contributed by atoms with Crippen LogP contribution < -0.4 is 0 Å². The molecular formula is C20H27NO. The van der Waals surface area contributed by atoms with Crippen LogP contribution in [0.4, 0.5) is 0 Å². The molecule has 0 saturated carbocycles. The minimum absolute atomic E-state index is 0.222. The number of rotatable bonds is 9. The standard InChI is InChI=1S/C20H27NO/c1-2-3-14-20(17-22)21(15-18-10-6-4-7-11-18)16-19-12-8-5-9-13-19/h4-13,20,22H,2-3,14-17H2,1H3/t20-/m1/s1. The lowest BCUT2D eigenvalue weighted by atomic mass is 10.1. The Morgan fingerprint density at radius 3 is 1.77 bits per heavy atom. The summed E-state index contributed by atoms with van der Waals surface area (Å²) in [6.45, 7) is 4.18. The summed E-state index contributed by atoms with van der Waals surface area (Å²) in [5.74, 6) is 0. The second-order valence-corrected chi connectivity index (χ2v) is 5.85. The second kappa shape index (κ2) is 9.39. The maximum atomic E-state index is 9.84. The van der Waals surface area contributed by atoms with Crippen LogP contribution in [0.5, 0.6) is 0 Å². The highest BCUT2D eigenvalue weighted by Gasteiger charge is 2.18. The Hall–Kier alpha value is -1.64. The topological polar surface area (TPSA) is 23.5 Å². The lowest BCUT2D eigenvalue weighted by molar-refractivity contribution is 0.101. The zero-order chi connectivity index (χ0) is 15.6. The van der Waals surface area contributed by atoms with Crippen molar-refractivity contribution in [1.82, 2.24) is 4.90 Å². The van der Waals surface area contributed by atoms with E-state index >= 15 is 0 Å². The van der Waals surface area contributed by atoms with Crippen LogP contribution in [-0.2, 0) is 13.1 Å². The molecule has 0 aromatic heterocycles. The van der Waals surface area contributed by atoms with Gasteiger partial charge in [-0.05, 0) is 17.5 Å². The van der Waals surface area contributed by atoms with E-state index in [1.54, 1.807) is 0 Å². The average Bonchev–Trinajstić information content (AvgIpc) is 2.57. The van der Waals surface area contributed by atoms with Gasteiger partial charge in [0, 0.05) is 19.1 Å². The Balaban J connectivity index is 2.11. The van der Waals surface area contributed by atoms with E-state index in [1.807, 2.05) is 12.1 Å². The molecule has 0 spiro atoms. The van der Waals surface area contributed by atoms with Crippen molar-refractivity contribution < 1.29 is 5.11 Å². The van der Waals surface area contributed by atoms with Gasteiger partial charge >= 0.3 is 0 Å². The molecule has 22 heavy (non-hydrogen) atoms. The summed E-state index contributed by atoms with van der Waals surface area (Å²) in [6.07, 6.45) is 3.37. The zero-order valence-corrected chi connectivity index (χ0v) is 13.5. The molecule has 2 aromatic rings. The predicted octanol–water partition coefficient (Wildman–Crippen LogP) is 4.24. The molecule has 0 radical (unpaired) electrons. The molecule has 0 unspecified atom stereocenters. The van der Waals surface area contributed by atoms with Crippen molar-refractivity contribution in [2.45, 2.75) is 45.3 Å². The fourth-order valence-electron chi connectivity index (χ4n) is 2.78. The highest BCUT2D eigenvalue weighted by atomic mass is 16.3. The van der Waals surface area contributed by atoms with Gasteiger partial charge in [-0.1, -0.05) is 80.4 Å². The molecule has 0 aliphatic rings. The van der Waals surface area contributed by atoms with Crippen LogP contribution in [0.25, 0.3) is 0 Å². The molecule has 0 bridgehead atoms. The van der Waals surface area contributed by atoms with Gasteiger partial charge in [0.25, 0.3) is 0 Å². The van der Waals surface area contributed by atoms with E-state index in [2.05, 4.69) is 60.4 Å². The minimum atomic E-state index is 0.222. The number of benzene rings is 2. The van der Waals surface area contributed by atoms with Gasteiger partial charge in [-0.2, -0.15) is 0 Å². The molecule has 0 aliphatic carbocycles. The Morgan fingerprint density at radius 2 is 1.36 bits per heavy atom. The van der Waals surface area contributed by atoms with Crippen LogP contribution in [0.3, 0.4) is 0 Å². The Labute approximate surface area is 134 Å². The van der Waals surface area contributed by atoms with Gasteiger partial charge in [-0.25, -0.2) is 0 Å². The number of aliphatic hydroxyl groups is 1. The quantitative estimate of drug-likeness (QED) is 0.748. The minimum Gasteiger partial charge on any atom is -0.395 e. The van der Waals surface area contributed by atoms with Crippen LogP contribution in [0, 0.1) is 0 Å². The fourth-order valence-corrected chi connectivity index (χ4v) is 2.78. The van der Waals surface area contributed by atoms with Crippen molar-refractivity contribution in [3.63, 3.8) is 0 Å². The van der Waals surface area contributed by atoms with E-state index in [-0.39, 0.29) is 12.6 Å². The zero-order valence-electron chi connectivity index (χ0n) is 13.5. The predicted molar refractivity (Wildman–Crippen MR) is 92.5 cm³/mol. The lowest BCUT2D eigenvalue weighted by Gasteiger charge is -2.31. The summed E-state index contributed by atoms with van der Waals surface area (Å²) < 4.78 is 0. The van der Waals surface area contributed by atoms with E-state index in [0.29, 0.717) is 0 Å². The molecule has 118 valence electrons. The molecular weight excluding hydrogens is 270 g/mol. The number of hydrogen-bond acceptors (Lipinski definition) is 2. The summed E-state index contributed by atoms with van der Waals surface area (Å²) >= 11 is 0. The summed E-state index contributed by atoms with van der Waals surface area (Å²) in [4.78, 5) is 2.40. The van der Waals surface area contributed by atoms with Crippen molar-refractivity contribution in [2.75, 3.05) is 6.61 Å². The number of hydrogen-bond donors (Lipinski definition) is 1. The summed E-state index contributed by atoms with van der Waals surface area (Å²) in [7, 11) is 0. The lowest BCUT2D eigenvalue weighted by Crippen LogP contribution is -2.37. The summed E-state index contributed by atoms with van der Waals surface area (Å²) in [5, 5.41) is 9.84. The van der Waals surface area contributed by atoms with E-state index in [4.69, 9.17) is 0 Å². The molecule has 2 heteroatoms. The fraction of sp³-hybridized carbons (Fsp3) is 0.400. The molecule has 2 rings (SSSR count). The average molecular weight is 297 g/mol. The van der Waals surface area contributed by atoms with E-state index in [1.165, 1.54) is 17.5 Å². The van der Waals surface area contributed by atoms with E-state index in [9.17, 15) is 5.11 Å². The number of unbranched alkanes of at least 4 members (excludes halogenated alkanes) is 1. The van der Waals surface area contributed by atoms with Crippen LogP contribution >= 0.6 is 0 Å². The maximum absolute atomic E-state index is 9.84. The van der Waals surface area contributed by atoms with Crippen molar-refractivity contribution in [2.24, 2.45) is 0 Å². The summed E-state index contributed by atoms with van der Waals surface area (Å²) in [6, 6.07) is 21.3. The van der Waals surface area contributed by atoms with Crippen molar-refractivity contribution in [3.05, 3.63) is 71.8 Å². The van der Waals surface area contributed by atoms with Gasteiger partial charge in [0.05, 0.1) is 6.61 Å². The van der Waals surface area contributed by atoms with Gasteiger partial charge in [0.15, 0.2) is 0 Å². The van der Waals surface area contributed by atoms with Crippen LogP contribution in [0.15, 0.2) is 60.7 Å². The molecule has 1 N–H and O–H groups in total. The Bertz CT molecular complexity index is 470. The van der Waals surface area contributed by atoms with E-state index in [0.717, 1.165) is 25.9 Å². The maximum Gasteiger partial charge on any atom is 0.0587 e. The van der Waals surface area contributed by atoms with Gasteiger partial charge in [0.1, 0.15) is 0 Å². The molecule has 0 amide bonds. The first-order chi connectivity index (χ1) is 10.8. The molecule has 2 aromatic carbocycles. The second-order valence-electron chi connectivity index (χ2n) is 5.85. The van der Waals surface area contributed by atoms with Crippen LogP contribution in [-0.4, -0.2) is 22.7 Å². The third-order valence-corrected chi connectivity index (χ3v) is 4.08. The van der Waals surface area contributed by atoms with Gasteiger partial charge in [0.2, 0.25) is 0 Å². The Kier molecular flexibility index (Phi) is 7.14. The Morgan fingerprint density at radius 1 is 0.864 bits per heavy atom. The molecule has 0 fully saturated rings. The third kappa shape index (κ3) is 5.28. The first kappa shape index (κ1) is 16.7. The molecule has 0 heterocycles. The van der Waals surface area contributed by atoms with Gasteiger partial charge in [-0.15, -0.1) is 0 Å². The third-order valence-electron chi connectivity index (χ3n) is 4.08. The van der Waals surface area contributed by atoms with Crippen molar-refractivity contribution >= 4 is 0 Å². The monoisotopic (exact) mass is 297 g/mol. The van der Waals surface area contributed by atoms with Gasteiger partial charge in [-0.3, -0.25) is 4.90 Å². The molecule has 2 nitrogen and oxygen atoms in total. The largest absolute Gasteiger partial charge is 0.395 e. The van der Waals surface area contributed by atoms with Crippen LogP contribution in [0.2, 0.25) is 0 Å². The smallest absolute Gasteiger partial charge is 0.0587 e.